The molecule has 0 aromatic heterocycles. The summed E-state index contributed by atoms with van der Waals surface area (Å²) in [5.74, 6) is -0.172. The molecule has 6 heteroatoms. The number of rotatable bonds is 7. The fourth-order valence-electron chi connectivity index (χ4n) is 1.96. The molecule has 0 radical (unpaired) electrons. The van der Waals surface area contributed by atoms with Gasteiger partial charge in [-0.25, -0.2) is 0 Å². The van der Waals surface area contributed by atoms with Crippen molar-refractivity contribution >= 4 is 17.3 Å². The monoisotopic (exact) mass is 279 g/mol. The van der Waals surface area contributed by atoms with Crippen molar-refractivity contribution in [1.82, 2.24) is 4.90 Å². The van der Waals surface area contributed by atoms with Crippen LogP contribution >= 0.6 is 0 Å². The average molecular weight is 279 g/mol. The zero-order valence-corrected chi connectivity index (χ0v) is 12.2. The Hall–Kier alpha value is -2.11. The number of unbranched alkanes of at least 4 members (excludes halogenated alkanes) is 1. The Morgan fingerprint density at radius 1 is 1.40 bits per heavy atom. The van der Waals surface area contributed by atoms with Gasteiger partial charge in [-0.15, -0.1) is 0 Å². The maximum Gasteiger partial charge on any atom is 0.270 e. The van der Waals surface area contributed by atoms with Gasteiger partial charge in [-0.1, -0.05) is 13.3 Å². The summed E-state index contributed by atoms with van der Waals surface area (Å²) in [5, 5.41) is 13.8. The smallest absolute Gasteiger partial charge is 0.270 e. The van der Waals surface area contributed by atoms with Gasteiger partial charge in [0.15, 0.2) is 0 Å². The van der Waals surface area contributed by atoms with Gasteiger partial charge in [0.2, 0.25) is 0 Å². The summed E-state index contributed by atoms with van der Waals surface area (Å²) in [5.41, 5.74) is 0.883. The number of carbonyl (C=O) groups excluding carboxylic acids is 1. The van der Waals surface area contributed by atoms with Gasteiger partial charge in [-0.3, -0.25) is 14.9 Å². The molecule has 1 aromatic rings. The molecule has 1 rings (SSSR count). The van der Waals surface area contributed by atoms with E-state index in [1.807, 2.05) is 6.92 Å². The molecular weight excluding hydrogens is 258 g/mol. The van der Waals surface area contributed by atoms with Gasteiger partial charge in [0, 0.05) is 38.0 Å². The summed E-state index contributed by atoms with van der Waals surface area (Å²) >= 11 is 0. The van der Waals surface area contributed by atoms with E-state index in [4.69, 9.17) is 0 Å². The summed E-state index contributed by atoms with van der Waals surface area (Å²) < 4.78 is 0. The van der Waals surface area contributed by atoms with Crippen molar-refractivity contribution in [2.24, 2.45) is 0 Å². The highest BCUT2D eigenvalue weighted by Crippen LogP contribution is 2.23. The first kappa shape index (κ1) is 15.9. The van der Waals surface area contributed by atoms with Crippen LogP contribution < -0.4 is 5.32 Å². The number of carbonyl (C=O) groups is 1. The predicted molar refractivity (Wildman–Crippen MR) is 79.1 cm³/mol. The van der Waals surface area contributed by atoms with Crippen LogP contribution in [0.4, 0.5) is 11.4 Å². The van der Waals surface area contributed by atoms with Gasteiger partial charge >= 0.3 is 0 Å². The van der Waals surface area contributed by atoms with Crippen molar-refractivity contribution in [2.75, 3.05) is 25.5 Å². The van der Waals surface area contributed by atoms with E-state index in [-0.39, 0.29) is 11.6 Å². The van der Waals surface area contributed by atoms with E-state index in [0.29, 0.717) is 24.3 Å². The van der Waals surface area contributed by atoms with Gasteiger partial charge < -0.3 is 10.2 Å². The molecule has 0 heterocycles. The molecular formula is C14H21N3O3. The fraction of sp³-hybridized carbons (Fsp3) is 0.500. The number of anilines is 1. The van der Waals surface area contributed by atoms with Crippen molar-refractivity contribution in [3.05, 3.63) is 33.9 Å². The first-order valence-electron chi connectivity index (χ1n) is 6.80. The maximum absolute atomic E-state index is 12.5. The standard InChI is InChI=1S/C14H21N3O3/c1-4-6-9-16(5-2)14(18)12-10-11(17(19)20)7-8-13(12)15-3/h7-8,10,15H,4-6,9H2,1-3H3. The van der Waals surface area contributed by atoms with Crippen molar-refractivity contribution in [3.63, 3.8) is 0 Å². The van der Waals surface area contributed by atoms with Crippen LogP contribution in [-0.2, 0) is 0 Å². The van der Waals surface area contributed by atoms with Gasteiger partial charge in [0.25, 0.3) is 11.6 Å². The number of nitrogens with zero attached hydrogens (tertiary/aromatic N) is 2. The van der Waals surface area contributed by atoms with E-state index in [1.165, 1.54) is 12.1 Å². The van der Waals surface area contributed by atoms with E-state index in [0.717, 1.165) is 12.8 Å². The molecule has 0 saturated carbocycles. The molecule has 0 atom stereocenters. The number of nitro groups is 1. The molecule has 0 aliphatic heterocycles. The van der Waals surface area contributed by atoms with Crippen LogP contribution in [0.3, 0.4) is 0 Å². The molecule has 20 heavy (non-hydrogen) atoms. The first-order valence-corrected chi connectivity index (χ1v) is 6.80. The van der Waals surface area contributed by atoms with E-state index >= 15 is 0 Å². The SMILES string of the molecule is CCCCN(CC)C(=O)c1cc([N+](=O)[O-])ccc1NC. The molecule has 0 spiro atoms. The molecule has 0 aliphatic carbocycles. The zero-order valence-electron chi connectivity index (χ0n) is 12.2. The lowest BCUT2D eigenvalue weighted by atomic mass is 10.1. The van der Waals surface area contributed by atoms with Gasteiger partial charge in [-0.2, -0.15) is 0 Å². The van der Waals surface area contributed by atoms with Crippen LogP contribution in [-0.4, -0.2) is 35.9 Å². The van der Waals surface area contributed by atoms with Crippen LogP contribution in [0, 0.1) is 10.1 Å². The van der Waals surface area contributed by atoms with Crippen LogP contribution in [0.5, 0.6) is 0 Å². The molecule has 110 valence electrons. The molecule has 6 nitrogen and oxygen atoms in total. The largest absolute Gasteiger partial charge is 0.387 e. The Labute approximate surface area is 118 Å². The van der Waals surface area contributed by atoms with Gasteiger partial charge in [-0.05, 0) is 19.4 Å². The molecule has 0 bridgehead atoms. The third kappa shape index (κ3) is 3.69. The topological polar surface area (TPSA) is 75.5 Å². The highest BCUT2D eigenvalue weighted by atomic mass is 16.6. The minimum absolute atomic E-state index is 0.0705. The highest BCUT2D eigenvalue weighted by molar-refractivity contribution is 6.00. The summed E-state index contributed by atoms with van der Waals surface area (Å²) in [7, 11) is 1.69. The van der Waals surface area contributed by atoms with Gasteiger partial charge in [0.05, 0.1) is 10.5 Å². The summed E-state index contributed by atoms with van der Waals surface area (Å²) in [6.45, 7) is 5.22. The van der Waals surface area contributed by atoms with Crippen LogP contribution in [0.25, 0.3) is 0 Å². The van der Waals surface area contributed by atoms with Crippen molar-refractivity contribution in [3.8, 4) is 0 Å². The summed E-state index contributed by atoms with van der Waals surface area (Å²) in [4.78, 5) is 24.6. The number of hydrogen-bond donors (Lipinski definition) is 1. The average Bonchev–Trinajstić information content (AvgIpc) is 2.46. The zero-order chi connectivity index (χ0) is 15.1. The Kier molecular flexibility index (Phi) is 5.96. The molecule has 1 aromatic carbocycles. The van der Waals surface area contributed by atoms with Crippen molar-refractivity contribution < 1.29 is 9.72 Å². The van der Waals surface area contributed by atoms with E-state index in [1.54, 1.807) is 18.0 Å². The van der Waals surface area contributed by atoms with Crippen molar-refractivity contribution in [1.29, 1.82) is 0 Å². The third-order valence-corrected chi connectivity index (χ3v) is 3.16. The number of hydrogen-bond acceptors (Lipinski definition) is 4. The Bertz CT molecular complexity index is 489. The lowest BCUT2D eigenvalue weighted by Gasteiger charge is -2.22. The van der Waals surface area contributed by atoms with E-state index in [9.17, 15) is 14.9 Å². The number of non-ortho nitro benzene ring substituents is 1. The summed E-state index contributed by atoms with van der Waals surface area (Å²) in [6, 6.07) is 4.30. The van der Waals surface area contributed by atoms with Crippen LogP contribution in [0.15, 0.2) is 18.2 Å². The second kappa shape index (κ2) is 7.47. The third-order valence-electron chi connectivity index (χ3n) is 3.16. The Morgan fingerprint density at radius 3 is 2.60 bits per heavy atom. The normalized spacial score (nSPS) is 10.2. The molecule has 1 N–H and O–H groups in total. The van der Waals surface area contributed by atoms with Crippen LogP contribution in [0.1, 0.15) is 37.0 Å². The van der Waals surface area contributed by atoms with Crippen LogP contribution in [0.2, 0.25) is 0 Å². The number of nitro benzene ring substituents is 1. The second-order valence-corrected chi connectivity index (χ2v) is 4.48. The molecule has 0 aliphatic rings. The lowest BCUT2D eigenvalue weighted by molar-refractivity contribution is -0.384. The minimum Gasteiger partial charge on any atom is -0.387 e. The maximum atomic E-state index is 12.5. The predicted octanol–water partition coefficient (Wildman–Crippen LogP) is 2.90. The number of amides is 1. The Balaban J connectivity index is 3.10. The summed E-state index contributed by atoms with van der Waals surface area (Å²) in [6.07, 6.45) is 1.92. The molecule has 0 unspecified atom stereocenters. The fourth-order valence-corrected chi connectivity index (χ4v) is 1.96. The number of nitrogens with one attached hydrogen (secondary N) is 1. The molecule has 0 fully saturated rings. The quantitative estimate of drug-likeness (QED) is 0.615. The highest BCUT2D eigenvalue weighted by Gasteiger charge is 2.20. The van der Waals surface area contributed by atoms with Gasteiger partial charge in [0.1, 0.15) is 0 Å². The lowest BCUT2D eigenvalue weighted by Crippen LogP contribution is -2.32. The van der Waals surface area contributed by atoms with E-state index < -0.39 is 4.92 Å². The van der Waals surface area contributed by atoms with Crippen molar-refractivity contribution in [2.45, 2.75) is 26.7 Å². The van der Waals surface area contributed by atoms with E-state index in [2.05, 4.69) is 12.2 Å². The second-order valence-electron chi connectivity index (χ2n) is 4.48. The first-order chi connectivity index (χ1) is 9.54. The Morgan fingerprint density at radius 2 is 2.10 bits per heavy atom. The minimum atomic E-state index is -0.488. The molecule has 1 amide bonds. The molecule has 0 saturated heterocycles. The number of benzene rings is 1.